The van der Waals surface area contributed by atoms with Crippen molar-refractivity contribution in [3.63, 3.8) is 0 Å². The number of nitrogens with zero attached hydrogens (tertiary/aromatic N) is 3. The highest BCUT2D eigenvalue weighted by Crippen LogP contribution is 2.54. The van der Waals surface area contributed by atoms with Gasteiger partial charge in [-0.15, -0.1) is 10.2 Å². The highest BCUT2D eigenvalue weighted by atomic mass is 79.9. The molecular weight excluding hydrogens is 436 g/mol. The molecule has 0 saturated heterocycles. The molecule has 1 saturated carbocycles. The molecule has 3 aromatic rings. The number of amides is 1. The topological polar surface area (TPSA) is 59.8 Å². The maximum absolute atomic E-state index is 12.3. The van der Waals surface area contributed by atoms with Crippen molar-refractivity contribution < 1.29 is 4.79 Å². The van der Waals surface area contributed by atoms with Crippen LogP contribution in [0.3, 0.4) is 0 Å². The van der Waals surface area contributed by atoms with Crippen molar-refractivity contribution in [1.29, 1.82) is 0 Å². The van der Waals surface area contributed by atoms with Crippen LogP contribution < -0.4 is 5.32 Å². The number of nitrogens with one attached hydrogen (secondary N) is 1. The molecular formula is C21H21BrN4OS. The van der Waals surface area contributed by atoms with Crippen LogP contribution in [-0.2, 0) is 11.3 Å². The first-order valence-corrected chi connectivity index (χ1v) is 11.1. The van der Waals surface area contributed by atoms with Crippen molar-refractivity contribution in [3.05, 3.63) is 70.5 Å². The van der Waals surface area contributed by atoms with Crippen LogP contribution in [0.1, 0.15) is 36.6 Å². The van der Waals surface area contributed by atoms with Gasteiger partial charge in [0.1, 0.15) is 5.82 Å². The van der Waals surface area contributed by atoms with Crippen LogP contribution in [0.5, 0.6) is 0 Å². The highest BCUT2D eigenvalue weighted by molar-refractivity contribution is 9.10. The molecule has 0 aliphatic heterocycles. The molecule has 0 bridgehead atoms. The Balaban J connectivity index is 1.38. The molecule has 2 atom stereocenters. The Hall–Kier alpha value is -2.12. The fourth-order valence-corrected chi connectivity index (χ4v) is 4.46. The van der Waals surface area contributed by atoms with E-state index >= 15 is 0 Å². The minimum Gasteiger partial charge on any atom is -0.325 e. The molecule has 1 aromatic heterocycles. The zero-order chi connectivity index (χ0) is 19.5. The van der Waals surface area contributed by atoms with E-state index in [1.165, 1.54) is 17.3 Å². The fraction of sp³-hybridized carbons (Fsp3) is 0.286. The molecule has 28 heavy (non-hydrogen) atoms. The maximum atomic E-state index is 12.3. The van der Waals surface area contributed by atoms with E-state index in [1.807, 2.05) is 30.3 Å². The quantitative estimate of drug-likeness (QED) is 0.504. The van der Waals surface area contributed by atoms with Crippen LogP contribution in [0.15, 0.2) is 64.2 Å². The van der Waals surface area contributed by atoms with Gasteiger partial charge in [-0.05, 0) is 49.1 Å². The number of halogens is 1. The van der Waals surface area contributed by atoms with Crippen molar-refractivity contribution in [2.24, 2.45) is 0 Å². The Morgan fingerprint density at radius 1 is 1.14 bits per heavy atom. The zero-order valence-electron chi connectivity index (χ0n) is 15.5. The molecule has 1 amide bonds. The second kappa shape index (κ2) is 8.49. The summed E-state index contributed by atoms with van der Waals surface area (Å²) in [7, 11) is 0. The van der Waals surface area contributed by atoms with Crippen LogP contribution in [-0.4, -0.2) is 26.4 Å². The Morgan fingerprint density at radius 2 is 1.89 bits per heavy atom. The van der Waals surface area contributed by atoms with Crippen molar-refractivity contribution in [3.8, 4) is 0 Å². The van der Waals surface area contributed by atoms with E-state index in [2.05, 4.69) is 67.2 Å². The van der Waals surface area contributed by atoms with E-state index < -0.39 is 0 Å². The van der Waals surface area contributed by atoms with E-state index in [9.17, 15) is 4.79 Å². The molecule has 5 nitrogen and oxygen atoms in total. The number of aromatic nitrogens is 3. The van der Waals surface area contributed by atoms with Gasteiger partial charge in [0.2, 0.25) is 5.91 Å². The lowest BCUT2D eigenvalue weighted by atomic mass is 10.1. The number of thioether (sulfide) groups is 1. The van der Waals surface area contributed by atoms with Crippen molar-refractivity contribution in [2.45, 2.75) is 36.9 Å². The highest BCUT2D eigenvalue weighted by Gasteiger charge is 2.43. The molecule has 2 aromatic carbocycles. The number of benzene rings is 2. The summed E-state index contributed by atoms with van der Waals surface area (Å²) in [5.74, 6) is 2.23. The normalized spacial score (nSPS) is 18.1. The van der Waals surface area contributed by atoms with Gasteiger partial charge in [-0.2, -0.15) is 0 Å². The lowest BCUT2D eigenvalue weighted by Gasteiger charge is -2.08. The molecule has 7 heteroatoms. The minimum atomic E-state index is -0.0480. The molecule has 1 aliphatic carbocycles. The summed E-state index contributed by atoms with van der Waals surface area (Å²) >= 11 is 4.83. The summed E-state index contributed by atoms with van der Waals surface area (Å²) in [6.07, 6.45) is 1.11. The SMILES string of the molecule is CCn1c(SCC(=O)Nc2ccc(Br)cc2)nnc1C1CC1c1ccccc1. The van der Waals surface area contributed by atoms with E-state index in [0.717, 1.165) is 34.1 Å². The predicted octanol–water partition coefficient (Wildman–Crippen LogP) is 5.06. The van der Waals surface area contributed by atoms with Gasteiger partial charge < -0.3 is 9.88 Å². The smallest absolute Gasteiger partial charge is 0.234 e. The van der Waals surface area contributed by atoms with E-state index in [0.29, 0.717) is 17.6 Å². The molecule has 144 valence electrons. The van der Waals surface area contributed by atoms with E-state index in [4.69, 9.17) is 0 Å². The lowest BCUT2D eigenvalue weighted by molar-refractivity contribution is -0.113. The molecule has 1 fully saturated rings. The van der Waals surface area contributed by atoms with Gasteiger partial charge in [0, 0.05) is 22.6 Å². The molecule has 4 rings (SSSR count). The molecule has 1 aliphatic rings. The first kappa shape index (κ1) is 19.2. The average Bonchev–Trinajstić information content (AvgIpc) is 3.41. The van der Waals surface area contributed by atoms with Crippen molar-refractivity contribution in [1.82, 2.24) is 14.8 Å². The van der Waals surface area contributed by atoms with E-state index in [1.54, 1.807) is 0 Å². The molecule has 1 heterocycles. The predicted molar refractivity (Wildman–Crippen MR) is 116 cm³/mol. The standard InChI is InChI=1S/C21H21BrN4OS/c1-2-26-20(18-12-17(18)14-6-4-3-5-7-14)24-25-21(26)28-13-19(27)23-16-10-8-15(22)9-11-16/h3-11,17-18H,2,12-13H2,1H3,(H,23,27). The second-order valence-corrected chi connectivity index (χ2v) is 8.65. The third kappa shape index (κ3) is 4.31. The van der Waals surface area contributed by atoms with Gasteiger partial charge in [-0.25, -0.2) is 0 Å². The van der Waals surface area contributed by atoms with Crippen molar-refractivity contribution >= 4 is 39.3 Å². The summed E-state index contributed by atoms with van der Waals surface area (Å²) < 4.78 is 3.13. The molecule has 1 N–H and O–H groups in total. The largest absolute Gasteiger partial charge is 0.325 e. The fourth-order valence-electron chi connectivity index (χ4n) is 3.39. The first-order chi connectivity index (χ1) is 13.7. The third-order valence-electron chi connectivity index (χ3n) is 4.87. The summed E-state index contributed by atoms with van der Waals surface area (Å²) in [5.41, 5.74) is 2.15. The Bertz CT molecular complexity index is 958. The number of rotatable bonds is 7. The Kier molecular flexibility index (Phi) is 5.82. The zero-order valence-corrected chi connectivity index (χ0v) is 17.9. The van der Waals surface area contributed by atoms with Crippen LogP contribution in [0.2, 0.25) is 0 Å². The molecule has 0 spiro atoms. The number of hydrogen-bond acceptors (Lipinski definition) is 4. The Morgan fingerprint density at radius 3 is 2.61 bits per heavy atom. The summed E-state index contributed by atoms with van der Waals surface area (Å²) in [6, 6.07) is 18.1. The first-order valence-electron chi connectivity index (χ1n) is 9.32. The van der Waals surface area contributed by atoms with Crippen LogP contribution in [0.25, 0.3) is 0 Å². The number of hydrogen-bond donors (Lipinski definition) is 1. The number of carbonyl (C=O) groups is 1. The Labute approximate surface area is 177 Å². The maximum Gasteiger partial charge on any atom is 0.234 e. The van der Waals surface area contributed by atoms with Crippen molar-refractivity contribution in [2.75, 3.05) is 11.1 Å². The summed E-state index contributed by atoms with van der Waals surface area (Å²) in [4.78, 5) is 12.3. The van der Waals surface area contributed by atoms with Gasteiger partial charge in [-0.3, -0.25) is 4.79 Å². The van der Waals surface area contributed by atoms with Gasteiger partial charge in [0.15, 0.2) is 5.16 Å². The van der Waals surface area contributed by atoms with Crippen LogP contribution in [0, 0.1) is 0 Å². The van der Waals surface area contributed by atoms with Gasteiger partial charge in [0.25, 0.3) is 0 Å². The lowest BCUT2D eigenvalue weighted by Crippen LogP contribution is -2.14. The molecule has 2 unspecified atom stereocenters. The molecule has 0 radical (unpaired) electrons. The van der Waals surface area contributed by atoms with Gasteiger partial charge in [-0.1, -0.05) is 58.0 Å². The van der Waals surface area contributed by atoms with Gasteiger partial charge in [0.05, 0.1) is 5.75 Å². The van der Waals surface area contributed by atoms with Gasteiger partial charge >= 0.3 is 0 Å². The third-order valence-corrected chi connectivity index (χ3v) is 6.37. The van der Waals surface area contributed by atoms with E-state index in [-0.39, 0.29) is 5.91 Å². The monoisotopic (exact) mass is 456 g/mol. The van der Waals surface area contributed by atoms with Crippen LogP contribution >= 0.6 is 27.7 Å². The second-order valence-electron chi connectivity index (χ2n) is 6.79. The number of anilines is 1. The summed E-state index contributed by atoms with van der Waals surface area (Å²) in [6.45, 7) is 2.90. The summed E-state index contributed by atoms with van der Waals surface area (Å²) in [5, 5.41) is 12.5. The number of carbonyl (C=O) groups excluding carboxylic acids is 1. The minimum absolute atomic E-state index is 0.0480. The van der Waals surface area contributed by atoms with Crippen LogP contribution in [0.4, 0.5) is 5.69 Å². The average molecular weight is 457 g/mol.